The second-order valence-electron chi connectivity index (χ2n) is 2.66. The van der Waals surface area contributed by atoms with Gasteiger partial charge in [0.15, 0.2) is 0 Å². The van der Waals surface area contributed by atoms with E-state index < -0.39 is 12.9 Å². The van der Waals surface area contributed by atoms with Crippen LogP contribution in [0.25, 0.3) is 0 Å². The molecule has 0 aliphatic heterocycles. The lowest BCUT2D eigenvalue weighted by atomic mass is 10.3. The molecule has 0 aliphatic rings. The van der Waals surface area contributed by atoms with Crippen molar-refractivity contribution in [3.8, 4) is 0 Å². The van der Waals surface area contributed by atoms with Gasteiger partial charge in [0, 0.05) is 12.4 Å². The molecule has 0 aromatic carbocycles. The summed E-state index contributed by atoms with van der Waals surface area (Å²) in [5, 5.41) is 7.18. The Bertz CT molecular complexity index is 334. The standard InChI is InChI=1S/C6H9N2O4P/c1-6(9,13(10,11)12)5-4-7-2-3-8-5/h2-4,9H,1H3,(H2,10,11,12). The Kier molecular flexibility index (Phi) is 2.49. The molecular weight excluding hydrogens is 195 g/mol. The Balaban J connectivity index is 3.16. The minimum absolute atomic E-state index is 0.150. The number of aliphatic hydroxyl groups is 1. The summed E-state index contributed by atoms with van der Waals surface area (Å²) in [4.78, 5) is 24.8. The third kappa shape index (κ3) is 1.92. The average Bonchev–Trinajstić information content (AvgIpc) is 2.04. The van der Waals surface area contributed by atoms with E-state index in [1.165, 1.54) is 12.4 Å². The third-order valence-electron chi connectivity index (χ3n) is 1.62. The van der Waals surface area contributed by atoms with Crippen molar-refractivity contribution < 1.29 is 19.5 Å². The molecule has 1 aromatic rings. The maximum Gasteiger partial charge on any atom is 0.362 e. The van der Waals surface area contributed by atoms with Crippen molar-refractivity contribution in [3.05, 3.63) is 24.3 Å². The lowest BCUT2D eigenvalue weighted by Crippen LogP contribution is -2.22. The van der Waals surface area contributed by atoms with Crippen LogP contribution in [0.5, 0.6) is 0 Å². The first kappa shape index (κ1) is 10.3. The molecule has 1 aromatic heterocycles. The molecule has 13 heavy (non-hydrogen) atoms. The van der Waals surface area contributed by atoms with E-state index in [-0.39, 0.29) is 5.69 Å². The van der Waals surface area contributed by atoms with Gasteiger partial charge in [-0.05, 0) is 6.92 Å². The monoisotopic (exact) mass is 204 g/mol. The molecule has 0 fully saturated rings. The molecule has 1 unspecified atom stereocenters. The van der Waals surface area contributed by atoms with Gasteiger partial charge >= 0.3 is 7.60 Å². The van der Waals surface area contributed by atoms with E-state index in [1.807, 2.05) is 0 Å². The van der Waals surface area contributed by atoms with E-state index in [0.29, 0.717) is 0 Å². The van der Waals surface area contributed by atoms with Gasteiger partial charge in [0.1, 0.15) is 5.69 Å². The highest BCUT2D eigenvalue weighted by atomic mass is 31.2. The molecule has 1 rings (SSSR count). The number of hydrogen-bond donors (Lipinski definition) is 3. The summed E-state index contributed by atoms with van der Waals surface area (Å²) in [6.07, 6.45) is 3.71. The van der Waals surface area contributed by atoms with Crippen LogP contribution in [-0.2, 0) is 9.91 Å². The second-order valence-corrected chi connectivity index (χ2v) is 4.61. The number of rotatable bonds is 2. The molecule has 0 saturated heterocycles. The lowest BCUT2D eigenvalue weighted by Gasteiger charge is -2.22. The van der Waals surface area contributed by atoms with Crippen molar-refractivity contribution in [3.63, 3.8) is 0 Å². The SMILES string of the molecule is CC(O)(c1cnccn1)P(=O)(O)O. The van der Waals surface area contributed by atoms with E-state index >= 15 is 0 Å². The topological polar surface area (TPSA) is 104 Å². The average molecular weight is 204 g/mol. The lowest BCUT2D eigenvalue weighted by molar-refractivity contribution is 0.103. The first-order valence-electron chi connectivity index (χ1n) is 3.40. The van der Waals surface area contributed by atoms with E-state index in [2.05, 4.69) is 9.97 Å². The quantitative estimate of drug-likeness (QED) is 0.577. The molecule has 6 nitrogen and oxygen atoms in total. The van der Waals surface area contributed by atoms with Crippen molar-refractivity contribution >= 4 is 7.60 Å². The van der Waals surface area contributed by atoms with Gasteiger partial charge in [-0.15, -0.1) is 0 Å². The van der Waals surface area contributed by atoms with Crippen molar-refractivity contribution in [2.45, 2.75) is 12.3 Å². The summed E-state index contributed by atoms with van der Waals surface area (Å²) < 4.78 is 10.8. The van der Waals surface area contributed by atoms with Gasteiger partial charge in [0.25, 0.3) is 0 Å². The number of hydrogen-bond acceptors (Lipinski definition) is 4. The summed E-state index contributed by atoms with van der Waals surface area (Å²) in [6.45, 7) is 0.998. The fourth-order valence-corrected chi connectivity index (χ4v) is 1.11. The van der Waals surface area contributed by atoms with Gasteiger partial charge < -0.3 is 14.9 Å². The van der Waals surface area contributed by atoms with E-state index in [1.54, 1.807) is 0 Å². The summed E-state index contributed by atoms with van der Waals surface area (Å²) in [7, 11) is -4.64. The van der Waals surface area contributed by atoms with Gasteiger partial charge in [-0.1, -0.05) is 0 Å². The summed E-state index contributed by atoms with van der Waals surface area (Å²) >= 11 is 0. The van der Waals surface area contributed by atoms with Crippen LogP contribution in [-0.4, -0.2) is 24.9 Å². The van der Waals surface area contributed by atoms with Crippen LogP contribution in [0, 0.1) is 0 Å². The Labute approximate surface area is 74.4 Å². The smallest absolute Gasteiger partial charge is 0.362 e. The molecule has 7 heteroatoms. The minimum Gasteiger partial charge on any atom is -0.372 e. The normalized spacial score (nSPS) is 16.6. The van der Waals surface area contributed by atoms with Gasteiger partial charge in [-0.3, -0.25) is 14.5 Å². The van der Waals surface area contributed by atoms with Crippen LogP contribution >= 0.6 is 7.60 Å². The Morgan fingerprint density at radius 2 is 2.08 bits per heavy atom. The molecule has 0 spiro atoms. The van der Waals surface area contributed by atoms with Crippen LogP contribution in [0.3, 0.4) is 0 Å². The largest absolute Gasteiger partial charge is 0.372 e. The highest BCUT2D eigenvalue weighted by Gasteiger charge is 2.43. The number of nitrogens with zero attached hydrogens (tertiary/aromatic N) is 2. The molecule has 0 aliphatic carbocycles. The van der Waals surface area contributed by atoms with E-state index in [4.69, 9.17) is 9.79 Å². The zero-order valence-electron chi connectivity index (χ0n) is 6.82. The van der Waals surface area contributed by atoms with E-state index in [9.17, 15) is 9.67 Å². The Hall–Kier alpha value is -0.810. The second kappa shape index (κ2) is 3.16. The molecule has 0 saturated carbocycles. The summed E-state index contributed by atoms with van der Waals surface area (Å²) in [5.74, 6) is 0. The molecule has 1 heterocycles. The molecule has 0 bridgehead atoms. The highest BCUT2D eigenvalue weighted by molar-refractivity contribution is 7.52. The van der Waals surface area contributed by atoms with Crippen molar-refractivity contribution in [2.75, 3.05) is 0 Å². The van der Waals surface area contributed by atoms with Crippen LogP contribution < -0.4 is 0 Å². The highest BCUT2D eigenvalue weighted by Crippen LogP contribution is 2.53. The molecule has 0 amide bonds. The van der Waals surface area contributed by atoms with Gasteiger partial charge in [0.05, 0.1) is 6.20 Å². The van der Waals surface area contributed by atoms with Gasteiger partial charge in [0.2, 0.25) is 5.34 Å². The van der Waals surface area contributed by atoms with Crippen LogP contribution in [0.4, 0.5) is 0 Å². The predicted molar refractivity (Wildman–Crippen MR) is 43.6 cm³/mol. The molecule has 3 N–H and O–H groups in total. The molecule has 72 valence electrons. The van der Waals surface area contributed by atoms with Gasteiger partial charge in [-0.25, -0.2) is 0 Å². The zero-order valence-corrected chi connectivity index (χ0v) is 7.72. The molecular formula is C6H9N2O4P. The van der Waals surface area contributed by atoms with Crippen LogP contribution in [0.15, 0.2) is 18.6 Å². The maximum atomic E-state index is 10.8. The van der Waals surface area contributed by atoms with Gasteiger partial charge in [-0.2, -0.15) is 0 Å². The molecule has 1 atom stereocenters. The van der Waals surface area contributed by atoms with Crippen molar-refractivity contribution in [1.82, 2.24) is 9.97 Å². The maximum absolute atomic E-state index is 10.8. The van der Waals surface area contributed by atoms with E-state index in [0.717, 1.165) is 13.1 Å². The van der Waals surface area contributed by atoms with Crippen LogP contribution in [0.1, 0.15) is 12.6 Å². The van der Waals surface area contributed by atoms with Crippen molar-refractivity contribution in [2.24, 2.45) is 0 Å². The number of aromatic nitrogens is 2. The third-order valence-corrected chi connectivity index (χ3v) is 2.98. The fraction of sp³-hybridized carbons (Fsp3) is 0.333. The summed E-state index contributed by atoms with van der Waals surface area (Å²) in [5.41, 5.74) is -0.150. The predicted octanol–water partition coefficient (Wildman–Crippen LogP) is -0.181. The Morgan fingerprint density at radius 1 is 1.46 bits per heavy atom. The zero-order chi connectivity index (χ0) is 10.1. The van der Waals surface area contributed by atoms with Crippen molar-refractivity contribution in [1.29, 1.82) is 0 Å². The Morgan fingerprint density at radius 3 is 2.46 bits per heavy atom. The minimum atomic E-state index is -4.64. The fourth-order valence-electron chi connectivity index (χ4n) is 0.693. The summed E-state index contributed by atoms with van der Waals surface area (Å²) in [6, 6.07) is 0. The first-order valence-corrected chi connectivity index (χ1v) is 5.01. The first-order chi connectivity index (χ1) is 5.86. The van der Waals surface area contributed by atoms with Crippen LogP contribution in [0.2, 0.25) is 0 Å². The molecule has 0 radical (unpaired) electrons.